The predicted molar refractivity (Wildman–Crippen MR) is 89.3 cm³/mol. The third kappa shape index (κ3) is 3.25. The summed E-state index contributed by atoms with van der Waals surface area (Å²) in [5.41, 5.74) is 0. The summed E-state index contributed by atoms with van der Waals surface area (Å²) in [4.78, 5) is 25.7. The predicted octanol–water partition coefficient (Wildman–Crippen LogP) is 3.29. The van der Waals surface area contributed by atoms with Crippen LogP contribution in [0.2, 0.25) is 0 Å². The second kappa shape index (κ2) is 6.66. The van der Waals surface area contributed by atoms with Crippen LogP contribution in [0.1, 0.15) is 31.8 Å². The summed E-state index contributed by atoms with van der Waals surface area (Å²) < 4.78 is 5.69. The molecule has 0 radical (unpaired) electrons. The summed E-state index contributed by atoms with van der Waals surface area (Å²) in [5, 5.41) is 9.45. The van der Waals surface area contributed by atoms with Gasteiger partial charge in [-0.1, -0.05) is 44.2 Å². The number of aliphatic carboxylic acids is 1. The largest absolute Gasteiger partial charge is 0.480 e. The number of thiocarbonyl (C=S) groups is 1. The molecule has 0 saturated carbocycles. The lowest BCUT2D eigenvalue weighted by Crippen LogP contribution is -2.47. The molecule has 1 N–H and O–H groups in total. The molecule has 1 amide bonds. The van der Waals surface area contributed by atoms with E-state index in [1.54, 1.807) is 25.1 Å². The van der Waals surface area contributed by atoms with Gasteiger partial charge in [-0.3, -0.25) is 9.69 Å². The molecule has 5 nitrogen and oxygen atoms in total. The van der Waals surface area contributed by atoms with Crippen molar-refractivity contribution in [3.63, 3.8) is 0 Å². The van der Waals surface area contributed by atoms with E-state index < -0.39 is 12.0 Å². The number of carbonyl (C=O) groups is 2. The Labute approximate surface area is 138 Å². The van der Waals surface area contributed by atoms with Crippen LogP contribution in [0.15, 0.2) is 21.5 Å². The first kappa shape index (κ1) is 16.8. The number of hydrogen-bond acceptors (Lipinski definition) is 5. The minimum Gasteiger partial charge on any atom is -0.480 e. The molecular formula is C15H17NO4S2. The van der Waals surface area contributed by atoms with Gasteiger partial charge in [-0.15, -0.1) is 0 Å². The Bertz CT molecular complexity index is 650. The highest BCUT2D eigenvalue weighted by atomic mass is 32.2. The lowest BCUT2D eigenvalue weighted by Gasteiger charge is -2.27. The van der Waals surface area contributed by atoms with Crippen molar-refractivity contribution in [1.29, 1.82) is 0 Å². The van der Waals surface area contributed by atoms with Crippen LogP contribution >= 0.6 is 24.0 Å². The van der Waals surface area contributed by atoms with E-state index >= 15 is 0 Å². The average Bonchev–Trinajstić information content (AvgIpc) is 2.97. The fourth-order valence-electron chi connectivity index (χ4n) is 2.21. The first-order valence-electron chi connectivity index (χ1n) is 6.91. The number of amides is 1. The van der Waals surface area contributed by atoms with Crippen molar-refractivity contribution < 1.29 is 19.1 Å². The van der Waals surface area contributed by atoms with Gasteiger partial charge in [0.15, 0.2) is 0 Å². The number of carbonyl (C=O) groups excluding carboxylic acids is 1. The Morgan fingerprint density at radius 2 is 2.23 bits per heavy atom. The number of thioether (sulfide) groups is 1. The minimum absolute atomic E-state index is 0.190. The molecule has 2 unspecified atom stereocenters. The number of nitrogens with zero attached hydrogens (tertiary/aromatic N) is 1. The molecule has 1 aliphatic heterocycles. The molecule has 2 atom stereocenters. The quantitative estimate of drug-likeness (QED) is 0.656. The van der Waals surface area contributed by atoms with Crippen LogP contribution in [0.5, 0.6) is 0 Å². The van der Waals surface area contributed by atoms with E-state index in [0.29, 0.717) is 17.1 Å². The molecule has 0 spiro atoms. The molecule has 2 rings (SSSR count). The molecule has 1 aromatic rings. The lowest BCUT2D eigenvalue weighted by molar-refractivity contribution is -0.147. The van der Waals surface area contributed by atoms with E-state index in [1.165, 1.54) is 4.90 Å². The van der Waals surface area contributed by atoms with Crippen LogP contribution in [0.3, 0.4) is 0 Å². The van der Waals surface area contributed by atoms with Crippen LogP contribution in [0.4, 0.5) is 0 Å². The van der Waals surface area contributed by atoms with Crippen LogP contribution in [0, 0.1) is 12.8 Å². The van der Waals surface area contributed by atoms with Gasteiger partial charge in [-0.2, -0.15) is 0 Å². The van der Waals surface area contributed by atoms with Crippen LogP contribution in [0.25, 0.3) is 6.08 Å². The highest BCUT2D eigenvalue weighted by Gasteiger charge is 2.42. The van der Waals surface area contributed by atoms with E-state index in [1.807, 2.05) is 13.8 Å². The van der Waals surface area contributed by atoms with Crippen LogP contribution < -0.4 is 0 Å². The van der Waals surface area contributed by atoms with Gasteiger partial charge in [0.25, 0.3) is 5.91 Å². The Kier molecular flexibility index (Phi) is 5.08. The Morgan fingerprint density at radius 1 is 1.55 bits per heavy atom. The number of hydrogen-bond donors (Lipinski definition) is 1. The van der Waals surface area contributed by atoms with E-state index in [-0.39, 0.29) is 16.1 Å². The molecule has 2 heterocycles. The zero-order chi connectivity index (χ0) is 16.4. The SMILES string of the molecule is CCC(C)C(C(=O)O)N1C(=O)C(=Cc2ccc(C)o2)SC1=S. The monoisotopic (exact) mass is 339 g/mol. The van der Waals surface area contributed by atoms with Gasteiger partial charge in [0, 0.05) is 6.08 Å². The zero-order valence-electron chi connectivity index (χ0n) is 12.5. The summed E-state index contributed by atoms with van der Waals surface area (Å²) in [5.74, 6) is -0.319. The van der Waals surface area contributed by atoms with E-state index in [2.05, 4.69) is 0 Å². The Balaban J connectivity index is 2.32. The molecule has 118 valence electrons. The molecule has 0 aromatic carbocycles. The summed E-state index contributed by atoms with van der Waals surface area (Å²) in [6.45, 7) is 5.50. The molecule has 1 saturated heterocycles. The summed E-state index contributed by atoms with van der Waals surface area (Å²) in [6.07, 6.45) is 2.24. The van der Waals surface area contributed by atoms with Gasteiger partial charge in [-0.05, 0) is 25.0 Å². The van der Waals surface area contributed by atoms with Crippen molar-refractivity contribution in [2.45, 2.75) is 33.2 Å². The molecule has 1 aromatic heterocycles. The highest BCUT2D eigenvalue weighted by Crippen LogP contribution is 2.36. The molecule has 22 heavy (non-hydrogen) atoms. The topological polar surface area (TPSA) is 70.8 Å². The van der Waals surface area contributed by atoms with Gasteiger partial charge in [-0.25, -0.2) is 4.79 Å². The Hall–Kier alpha value is -1.60. The molecule has 0 aliphatic carbocycles. The lowest BCUT2D eigenvalue weighted by atomic mass is 9.98. The van der Waals surface area contributed by atoms with Crippen molar-refractivity contribution in [2.24, 2.45) is 5.92 Å². The van der Waals surface area contributed by atoms with Crippen molar-refractivity contribution >= 4 is 46.3 Å². The highest BCUT2D eigenvalue weighted by molar-refractivity contribution is 8.26. The van der Waals surface area contributed by atoms with E-state index in [0.717, 1.165) is 17.5 Å². The maximum absolute atomic E-state index is 12.5. The molecule has 1 fully saturated rings. The second-order valence-corrected chi connectivity index (χ2v) is 6.84. The number of aryl methyl sites for hydroxylation is 1. The van der Waals surface area contributed by atoms with Crippen molar-refractivity contribution in [3.8, 4) is 0 Å². The maximum atomic E-state index is 12.5. The van der Waals surface area contributed by atoms with Gasteiger partial charge in [0.1, 0.15) is 21.9 Å². The molecule has 1 aliphatic rings. The Morgan fingerprint density at radius 3 is 2.73 bits per heavy atom. The molecule has 0 bridgehead atoms. The molecular weight excluding hydrogens is 322 g/mol. The molecule has 7 heteroatoms. The van der Waals surface area contributed by atoms with Crippen molar-refractivity contribution in [1.82, 2.24) is 4.90 Å². The number of carboxylic acids is 1. The smallest absolute Gasteiger partial charge is 0.327 e. The third-order valence-electron chi connectivity index (χ3n) is 3.57. The van der Waals surface area contributed by atoms with E-state index in [4.69, 9.17) is 16.6 Å². The third-order valence-corrected chi connectivity index (χ3v) is 4.90. The van der Waals surface area contributed by atoms with Crippen molar-refractivity contribution in [2.75, 3.05) is 0 Å². The van der Waals surface area contributed by atoms with E-state index in [9.17, 15) is 14.7 Å². The fraction of sp³-hybridized carbons (Fsp3) is 0.400. The number of furan rings is 1. The minimum atomic E-state index is -1.04. The van der Waals surface area contributed by atoms with Crippen LogP contribution in [-0.4, -0.2) is 32.2 Å². The van der Waals surface area contributed by atoms with Gasteiger partial charge in [0.05, 0.1) is 4.91 Å². The first-order valence-corrected chi connectivity index (χ1v) is 8.14. The van der Waals surface area contributed by atoms with Gasteiger partial charge < -0.3 is 9.52 Å². The van der Waals surface area contributed by atoms with Crippen LogP contribution in [-0.2, 0) is 9.59 Å². The number of rotatable bonds is 5. The van der Waals surface area contributed by atoms with Crippen molar-refractivity contribution in [3.05, 3.63) is 28.6 Å². The number of carboxylic acid groups (broad SMARTS) is 1. The first-order chi connectivity index (χ1) is 10.3. The maximum Gasteiger partial charge on any atom is 0.327 e. The standard InChI is InChI=1S/C15H17NO4S2/c1-4-8(2)12(14(18)19)16-13(17)11(22-15(16)21)7-10-6-5-9(3)20-10/h5-8,12H,4H2,1-3H3,(H,18,19). The summed E-state index contributed by atoms with van der Waals surface area (Å²) in [7, 11) is 0. The summed E-state index contributed by atoms with van der Waals surface area (Å²) >= 11 is 6.32. The normalized spacial score (nSPS) is 19.8. The van der Waals surface area contributed by atoms with Gasteiger partial charge >= 0.3 is 5.97 Å². The second-order valence-electron chi connectivity index (χ2n) is 5.17. The summed E-state index contributed by atoms with van der Waals surface area (Å²) in [6, 6.07) is 2.61. The van der Waals surface area contributed by atoms with Gasteiger partial charge in [0.2, 0.25) is 0 Å². The fourth-order valence-corrected chi connectivity index (χ4v) is 3.52. The average molecular weight is 339 g/mol. The zero-order valence-corrected chi connectivity index (χ0v) is 14.2.